The van der Waals surface area contributed by atoms with Gasteiger partial charge in [-0.2, -0.15) is 0 Å². The lowest BCUT2D eigenvalue weighted by Gasteiger charge is -2.22. The number of anilines is 1. The third-order valence-electron chi connectivity index (χ3n) is 5.88. The third-order valence-corrected chi connectivity index (χ3v) is 6.87. The van der Waals surface area contributed by atoms with E-state index in [2.05, 4.69) is 20.4 Å². The Hall–Kier alpha value is -1.01. The molecule has 0 radical (unpaired) electrons. The number of aromatic nitrogens is 2. The molecule has 3 fully saturated rings. The van der Waals surface area contributed by atoms with Gasteiger partial charge in [0.2, 0.25) is 11.0 Å². The average Bonchev–Trinajstić information content (AvgIpc) is 3.26. The van der Waals surface area contributed by atoms with E-state index in [1.54, 1.807) is 0 Å². The highest BCUT2D eigenvalue weighted by Crippen LogP contribution is 2.55. The van der Waals surface area contributed by atoms with Crippen LogP contribution in [0.15, 0.2) is 0 Å². The van der Waals surface area contributed by atoms with Gasteiger partial charge < -0.3 is 10.2 Å². The molecule has 2 saturated carbocycles. The van der Waals surface area contributed by atoms with Gasteiger partial charge in [-0.15, -0.1) is 10.2 Å². The molecule has 4 rings (SSSR count). The lowest BCUT2D eigenvalue weighted by molar-refractivity contribution is -0.116. The van der Waals surface area contributed by atoms with Crippen LogP contribution in [0, 0.1) is 23.7 Å². The van der Waals surface area contributed by atoms with Crippen molar-refractivity contribution in [2.24, 2.45) is 23.7 Å². The van der Waals surface area contributed by atoms with Crippen LogP contribution in [0.4, 0.5) is 5.13 Å². The van der Waals surface area contributed by atoms with Crippen LogP contribution in [0.2, 0.25) is 0 Å². The Morgan fingerprint density at radius 2 is 2.00 bits per heavy atom. The maximum atomic E-state index is 12.1. The molecule has 2 bridgehead atoms. The van der Waals surface area contributed by atoms with Crippen molar-refractivity contribution in [2.45, 2.75) is 39.0 Å². The Balaban J connectivity index is 1.24. The lowest BCUT2D eigenvalue weighted by atomic mass is 9.82. The van der Waals surface area contributed by atoms with Crippen molar-refractivity contribution in [3.05, 3.63) is 5.01 Å². The number of fused-ring (bicyclic) bond motifs is 5. The molecule has 1 aliphatic heterocycles. The second-order valence-corrected chi connectivity index (χ2v) is 8.14. The van der Waals surface area contributed by atoms with Crippen LogP contribution in [-0.2, 0) is 11.2 Å². The van der Waals surface area contributed by atoms with E-state index in [9.17, 15) is 4.79 Å². The van der Waals surface area contributed by atoms with Gasteiger partial charge in [-0.25, -0.2) is 0 Å². The number of nitrogens with one attached hydrogen (secondary N) is 1. The second kappa shape index (κ2) is 5.89. The molecule has 3 aliphatic rings. The van der Waals surface area contributed by atoms with E-state index in [1.807, 2.05) is 6.92 Å². The zero-order valence-electron chi connectivity index (χ0n) is 13.1. The third kappa shape index (κ3) is 2.67. The summed E-state index contributed by atoms with van der Waals surface area (Å²) in [6.07, 6.45) is 5.83. The van der Waals surface area contributed by atoms with Gasteiger partial charge in [0.05, 0.1) is 0 Å². The molecule has 1 aromatic rings. The molecule has 22 heavy (non-hydrogen) atoms. The number of likely N-dealkylation sites (tertiary alicyclic amines) is 1. The highest BCUT2D eigenvalue weighted by atomic mass is 32.1. The number of carbonyl (C=O) groups excluding carboxylic acids is 1. The standard InChI is InChI=1S/C16H24N4OS/c1-2-15-18-19-16(22-15)17-14(21)5-6-20-8-12-10-3-4-11(7-10)13(12)9-20/h10-13H,2-9H2,1H3,(H,17,19,21)/t10-,11+,12-,13+. The number of rotatable bonds is 5. The van der Waals surface area contributed by atoms with Gasteiger partial charge in [0.1, 0.15) is 5.01 Å². The van der Waals surface area contributed by atoms with Gasteiger partial charge in [0.15, 0.2) is 0 Å². The maximum Gasteiger partial charge on any atom is 0.227 e. The molecule has 1 saturated heterocycles. The van der Waals surface area contributed by atoms with Crippen molar-refractivity contribution < 1.29 is 4.79 Å². The van der Waals surface area contributed by atoms with E-state index in [0.29, 0.717) is 11.6 Å². The van der Waals surface area contributed by atoms with E-state index >= 15 is 0 Å². The first-order valence-electron chi connectivity index (χ1n) is 8.57. The molecule has 0 aromatic carbocycles. The quantitative estimate of drug-likeness (QED) is 0.905. The summed E-state index contributed by atoms with van der Waals surface area (Å²) in [5.74, 6) is 3.90. The number of carbonyl (C=O) groups is 1. The van der Waals surface area contributed by atoms with Crippen molar-refractivity contribution >= 4 is 22.4 Å². The van der Waals surface area contributed by atoms with Crippen LogP contribution in [0.25, 0.3) is 0 Å². The Morgan fingerprint density at radius 3 is 2.64 bits per heavy atom. The molecule has 0 unspecified atom stereocenters. The van der Waals surface area contributed by atoms with Gasteiger partial charge in [0.25, 0.3) is 0 Å². The summed E-state index contributed by atoms with van der Waals surface area (Å²) in [4.78, 5) is 14.6. The first-order chi connectivity index (χ1) is 10.7. The minimum Gasteiger partial charge on any atom is -0.302 e. The summed E-state index contributed by atoms with van der Waals surface area (Å²) >= 11 is 1.47. The van der Waals surface area contributed by atoms with Gasteiger partial charge in [0, 0.05) is 26.1 Å². The summed E-state index contributed by atoms with van der Waals surface area (Å²) < 4.78 is 0. The molecule has 2 heterocycles. The van der Waals surface area contributed by atoms with Crippen molar-refractivity contribution in [2.75, 3.05) is 25.0 Å². The van der Waals surface area contributed by atoms with Crippen LogP contribution >= 0.6 is 11.3 Å². The molecule has 1 aromatic heterocycles. The lowest BCUT2D eigenvalue weighted by Crippen LogP contribution is -2.27. The molecular weight excluding hydrogens is 296 g/mol. The molecule has 1 amide bonds. The molecule has 2 aliphatic carbocycles. The van der Waals surface area contributed by atoms with Crippen LogP contribution in [-0.4, -0.2) is 40.6 Å². The average molecular weight is 320 g/mol. The first kappa shape index (κ1) is 14.6. The second-order valence-electron chi connectivity index (χ2n) is 7.07. The van der Waals surface area contributed by atoms with Crippen molar-refractivity contribution in [1.82, 2.24) is 15.1 Å². The minimum atomic E-state index is 0.0684. The zero-order chi connectivity index (χ0) is 15.1. The molecular formula is C16H24N4OS. The molecule has 4 atom stereocenters. The van der Waals surface area contributed by atoms with Gasteiger partial charge in [-0.1, -0.05) is 18.3 Å². The van der Waals surface area contributed by atoms with Crippen molar-refractivity contribution in [3.8, 4) is 0 Å². The molecule has 120 valence electrons. The predicted octanol–water partition coefficient (Wildman–Crippen LogP) is 2.41. The summed E-state index contributed by atoms with van der Waals surface area (Å²) in [5.41, 5.74) is 0. The van der Waals surface area contributed by atoms with E-state index in [4.69, 9.17) is 0 Å². The normalized spacial score (nSPS) is 33.3. The smallest absolute Gasteiger partial charge is 0.227 e. The molecule has 1 N–H and O–H groups in total. The van der Waals surface area contributed by atoms with Crippen molar-refractivity contribution in [1.29, 1.82) is 0 Å². The molecule has 6 heteroatoms. The van der Waals surface area contributed by atoms with Crippen LogP contribution in [0.1, 0.15) is 37.6 Å². The Labute approximate surface area is 135 Å². The summed E-state index contributed by atoms with van der Waals surface area (Å²) in [6, 6.07) is 0. The van der Waals surface area contributed by atoms with Crippen LogP contribution < -0.4 is 5.32 Å². The van der Waals surface area contributed by atoms with Crippen LogP contribution in [0.3, 0.4) is 0 Å². The maximum absolute atomic E-state index is 12.1. The summed E-state index contributed by atoms with van der Waals surface area (Å²) in [6.45, 7) is 5.37. The number of hydrogen-bond donors (Lipinski definition) is 1. The highest BCUT2D eigenvalue weighted by molar-refractivity contribution is 7.15. The largest absolute Gasteiger partial charge is 0.302 e. The van der Waals surface area contributed by atoms with E-state index in [-0.39, 0.29) is 5.91 Å². The highest BCUT2D eigenvalue weighted by Gasteiger charge is 2.51. The first-order valence-corrected chi connectivity index (χ1v) is 9.39. The summed E-state index contributed by atoms with van der Waals surface area (Å²) in [5, 5.41) is 12.5. The molecule has 5 nitrogen and oxygen atoms in total. The fourth-order valence-corrected chi connectivity index (χ4v) is 5.54. The number of nitrogens with zero attached hydrogens (tertiary/aromatic N) is 3. The SMILES string of the molecule is CCc1nnc(NC(=O)CCN2C[C@@H]3[C@@H]4CC[C@@H](C4)[C@@H]3C2)s1. The minimum absolute atomic E-state index is 0.0684. The fourth-order valence-electron chi connectivity index (χ4n) is 4.84. The van der Waals surface area contributed by atoms with Crippen LogP contribution in [0.5, 0.6) is 0 Å². The summed E-state index contributed by atoms with van der Waals surface area (Å²) in [7, 11) is 0. The van der Waals surface area contributed by atoms with Gasteiger partial charge in [-0.3, -0.25) is 4.79 Å². The molecule has 0 spiro atoms. The number of amides is 1. The number of aryl methyl sites for hydroxylation is 1. The monoisotopic (exact) mass is 320 g/mol. The topological polar surface area (TPSA) is 58.1 Å². The fraction of sp³-hybridized carbons (Fsp3) is 0.812. The van der Waals surface area contributed by atoms with E-state index in [0.717, 1.165) is 41.6 Å². The van der Waals surface area contributed by atoms with E-state index in [1.165, 1.54) is 43.7 Å². The van der Waals surface area contributed by atoms with Crippen molar-refractivity contribution in [3.63, 3.8) is 0 Å². The Morgan fingerprint density at radius 1 is 1.27 bits per heavy atom. The Kier molecular flexibility index (Phi) is 3.90. The van der Waals surface area contributed by atoms with E-state index < -0.39 is 0 Å². The van der Waals surface area contributed by atoms with Gasteiger partial charge in [-0.05, 0) is 49.4 Å². The number of hydrogen-bond acceptors (Lipinski definition) is 5. The predicted molar refractivity (Wildman–Crippen MR) is 86.8 cm³/mol. The Bertz CT molecular complexity index is 542. The zero-order valence-corrected chi connectivity index (χ0v) is 13.9. The van der Waals surface area contributed by atoms with Gasteiger partial charge >= 0.3 is 0 Å².